The van der Waals surface area contributed by atoms with E-state index in [4.69, 9.17) is 12.2 Å². The Morgan fingerprint density at radius 2 is 1.31 bits per heavy atom. The van der Waals surface area contributed by atoms with E-state index in [0.29, 0.717) is 5.56 Å². The molecule has 0 atom stereocenters. The molecule has 0 aliphatic carbocycles. The zero-order chi connectivity index (χ0) is 18.5. The fourth-order valence-corrected chi connectivity index (χ4v) is 2.27. The summed E-state index contributed by atoms with van der Waals surface area (Å²) in [5.74, 6) is 0.502. The van der Waals surface area contributed by atoms with Gasteiger partial charge in [0.2, 0.25) is 0 Å². The van der Waals surface area contributed by atoms with Crippen LogP contribution in [0.5, 0.6) is 11.5 Å². The van der Waals surface area contributed by atoms with Crippen molar-refractivity contribution in [3.63, 3.8) is 0 Å². The predicted octanol–water partition coefficient (Wildman–Crippen LogP) is 3.34. The third kappa shape index (κ3) is 4.31. The number of nitrogens with zero attached hydrogens (tertiary/aromatic N) is 2. The molecule has 1 aromatic heterocycles. The SMILES string of the molecule is O=c1[nH]c(=S)[nH]c(/N=C/c2ccc(O)cc2)c1N=Cc1ccc(O)cc1. The van der Waals surface area contributed by atoms with Crippen LogP contribution in [-0.2, 0) is 0 Å². The lowest BCUT2D eigenvalue weighted by atomic mass is 10.2. The summed E-state index contributed by atoms with van der Waals surface area (Å²) in [5.41, 5.74) is 1.04. The second-order valence-electron chi connectivity index (χ2n) is 5.30. The van der Waals surface area contributed by atoms with Crippen LogP contribution in [0.15, 0.2) is 63.3 Å². The van der Waals surface area contributed by atoms with E-state index in [1.165, 1.54) is 36.7 Å². The summed E-state index contributed by atoms with van der Waals surface area (Å²) in [6.07, 6.45) is 3.01. The Morgan fingerprint density at radius 3 is 1.85 bits per heavy atom. The monoisotopic (exact) mass is 366 g/mol. The minimum Gasteiger partial charge on any atom is -0.508 e. The fraction of sp³-hybridized carbons (Fsp3) is 0. The Balaban J connectivity index is 1.97. The molecule has 26 heavy (non-hydrogen) atoms. The van der Waals surface area contributed by atoms with Crippen molar-refractivity contribution < 1.29 is 10.2 Å². The number of aromatic hydroxyl groups is 2. The quantitative estimate of drug-likeness (QED) is 0.419. The van der Waals surface area contributed by atoms with Gasteiger partial charge in [-0.15, -0.1) is 0 Å². The summed E-state index contributed by atoms with van der Waals surface area (Å²) in [7, 11) is 0. The van der Waals surface area contributed by atoms with Crippen LogP contribution in [0, 0.1) is 4.77 Å². The van der Waals surface area contributed by atoms with Crippen molar-refractivity contribution >= 4 is 36.2 Å². The van der Waals surface area contributed by atoms with Crippen molar-refractivity contribution in [3.8, 4) is 11.5 Å². The first kappa shape index (κ1) is 17.3. The minimum atomic E-state index is -0.471. The number of hydrogen-bond acceptors (Lipinski definition) is 6. The number of nitrogens with one attached hydrogen (secondary N) is 2. The number of H-pyrrole nitrogens is 2. The van der Waals surface area contributed by atoms with Crippen LogP contribution in [0.3, 0.4) is 0 Å². The normalized spacial score (nSPS) is 11.4. The summed E-state index contributed by atoms with van der Waals surface area (Å²) < 4.78 is 0.136. The van der Waals surface area contributed by atoms with E-state index in [-0.39, 0.29) is 27.8 Å². The summed E-state index contributed by atoms with van der Waals surface area (Å²) in [6, 6.07) is 12.8. The molecule has 7 nitrogen and oxygen atoms in total. The lowest BCUT2D eigenvalue weighted by Gasteiger charge is -2.00. The van der Waals surface area contributed by atoms with E-state index in [1.807, 2.05) is 0 Å². The maximum Gasteiger partial charge on any atom is 0.279 e. The van der Waals surface area contributed by atoms with E-state index >= 15 is 0 Å². The first-order valence-corrected chi connectivity index (χ1v) is 7.95. The van der Waals surface area contributed by atoms with Gasteiger partial charge < -0.3 is 15.2 Å². The summed E-state index contributed by atoms with van der Waals surface area (Å²) >= 11 is 4.99. The second-order valence-corrected chi connectivity index (χ2v) is 5.71. The molecule has 0 aliphatic rings. The first-order valence-electron chi connectivity index (χ1n) is 7.54. The smallest absolute Gasteiger partial charge is 0.279 e. The third-order valence-corrected chi connectivity index (χ3v) is 3.57. The van der Waals surface area contributed by atoms with Gasteiger partial charge in [-0.2, -0.15) is 0 Å². The van der Waals surface area contributed by atoms with Gasteiger partial charge in [0.1, 0.15) is 11.5 Å². The van der Waals surface area contributed by atoms with E-state index in [9.17, 15) is 15.0 Å². The van der Waals surface area contributed by atoms with E-state index in [1.54, 1.807) is 24.3 Å². The van der Waals surface area contributed by atoms with Crippen LogP contribution >= 0.6 is 12.2 Å². The topological polar surface area (TPSA) is 114 Å². The Bertz CT molecular complexity index is 1080. The molecule has 0 saturated heterocycles. The van der Waals surface area contributed by atoms with Crippen LogP contribution < -0.4 is 5.56 Å². The number of phenols is 2. The summed E-state index contributed by atoms with van der Waals surface area (Å²) in [5, 5.41) is 18.6. The molecule has 0 fully saturated rings. The molecule has 0 unspecified atom stereocenters. The molecule has 8 heteroatoms. The van der Waals surface area contributed by atoms with E-state index in [2.05, 4.69) is 20.0 Å². The standard InChI is InChI=1S/C18H14N4O3S/c23-13-5-1-11(2-6-13)9-19-15-16(21-18(26)22-17(15)25)20-10-12-3-7-14(24)8-4-12/h1-10,23-24H,(H2,21,22,25,26)/b19-9?,20-10+. The van der Waals surface area contributed by atoms with Crippen molar-refractivity contribution in [2.24, 2.45) is 9.98 Å². The van der Waals surface area contributed by atoms with Crippen molar-refractivity contribution in [1.82, 2.24) is 9.97 Å². The van der Waals surface area contributed by atoms with Crippen molar-refractivity contribution in [3.05, 3.63) is 74.8 Å². The molecule has 0 saturated carbocycles. The molecular formula is C18H14N4O3S. The number of hydrogen-bond donors (Lipinski definition) is 4. The van der Waals surface area contributed by atoms with Crippen LogP contribution in [0.2, 0.25) is 0 Å². The summed E-state index contributed by atoms with van der Waals surface area (Å²) in [6.45, 7) is 0. The van der Waals surface area contributed by atoms with Gasteiger partial charge in [0, 0.05) is 12.4 Å². The lowest BCUT2D eigenvalue weighted by Crippen LogP contribution is -2.07. The second kappa shape index (κ2) is 7.58. The number of aromatic nitrogens is 2. The van der Waals surface area contributed by atoms with Crippen LogP contribution in [0.25, 0.3) is 0 Å². The fourth-order valence-electron chi connectivity index (χ4n) is 2.08. The summed E-state index contributed by atoms with van der Waals surface area (Å²) in [4.78, 5) is 25.9. The number of rotatable bonds is 4. The molecule has 0 radical (unpaired) electrons. The molecule has 4 N–H and O–H groups in total. The largest absolute Gasteiger partial charge is 0.508 e. The molecule has 0 bridgehead atoms. The molecule has 0 spiro atoms. The predicted molar refractivity (Wildman–Crippen MR) is 103 cm³/mol. The van der Waals surface area contributed by atoms with Gasteiger partial charge >= 0.3 is 0 Å². The first-order chi connectivity index (χ1) is 12.5. The highest BCUT2D eigenvalue weighted by atomic mass is 32.1. The molecule has 2 aromatic carbocycles. The van der Waals surface area contributed by atoms with E-state index < -0.39 is 5.56 Å². The Kier molecular flexibility index (Phi) is 5.04. The van der Waals surface area contributed by atoms with Gasteiger partial charge in [0.15, 0.2) is 16.3 Å². The van der Waals surface area contributed by atoms with Crippen LogP contribution in [-0.4, -0.2) is 32.6 Å². The zero-order valence-corrected chi connectivity index (χ0v) is 14.2. The minimum absolute atomic E-state index is 0.0710. The maximum atomic E-state index is 12.2. The van der Waals surface area contributed by atoms with Crippen molar-refractivity contribution in [2.45, 2.75) is 0 Å². The average molecular weight is 366 g/mol. The van der Waals surface area contributed by atoms with E-state index in [0.717, 1.165) is 5.56 Å². The molecule has 0 aliphatic heterocycles. The molecule has 130 valence electrons. The number of benzene rings is 2. The van der Waals surface area contributed by atoms with Crippen LogP contribution in [0.4, 0.5) is 11.5 Å². The number of phenolic OH excluding ortho intramolecular Hbond substituents is 2. The molecule has 1 heterocycles. The lowest BCUT2D eigenvalue weighted by molar-refractivity contribution is 0.475. The molecular weight excluding hydrogens is 352 g/mol. The Labute approximate surface area is 153 Å². The molecule has 0 amide bonds. The van der Waals surface area contributed by atoms with Crippen molar-refractivity contribution in [1.29, 1.82) is 0 Å². The molecule has 3 rings (SSSR count). The van der Waals surface area contributed by atoms with Crippen molar-refractivity contribution in [2.75, 3.05) is 0 Å². The van der Waals surface area contributed by atoms with Gasteiger partial charge in [-0.05, 0) is 71.9 Å². The van der Waals surface area contributed by atoms with Gasteiger partial charge in [-0.1, -0.05) is 0 Å². The highest BCUT2D eigenvalue weighted by molar-refractivity contribution is 7.71. The van der Waals surface area contributed by atoms with Gasteiger partial charge in [-0.3, -0.25) is 9.78 Å². The Morgan fingerprint density at radius 1 is 0.808 bits per heavy atom. The average Bonchev–Trinajstić information content (AvgIpc) is 2.62. The maximum absolute atomic E-state index is 12.2. The van der Waals surface area contributed by atoms with Gasteiger partial charge in [-0.25, -0.2) is 9.98 Å². The number of aromatic amines is 2. The zero-order valence-electron chi connectivity index (χ0n) is 13.4. The van der Waals surface area contributed by atoms with Gasteiger partial charge in [0.25, 0.3) is 5.56 Å². The van der Waals surface area contributed by atoms with Crippen LogP contribution in [0.1, 0.15) is 11.1 Å². The highest BCUT2D eigenvalue weighted by Gasteiger charge is 2.06. The Hall–Kier alpha value is -3.52. The molecule has 3 aromatic rings. The van der Waals surface area contributed by atoms with Gasteiger partial charge in [0.05, 0.1) is 0 Å². The third-order valence-electron chi connectivity index (χ3n) is 3.37. The number of aliphatic imine (C=N–C) groups is 2. The highest BCUT2D eigenvalue weighted by Crippen LogP contribution is 2.20.